The van der Waals surface area contributed by atoms with E-state index in [0.29, 0.717) is 5.58 Å². The molecule has 2 aromatic carbocycles. The summed E-state index contributed by atoms with van der Waals surface area (Å²) in [5, 5.41) is 0.781. The fourth-order valence-corrected chi connectivity index (χ4v) is 2.98. The number of carbonyl (C=O) groups excluding carboxylic acids is 2. The molecule has 0 N–H and O–H groups in total. The molecule has 162 valence electrons. The third-order valence-corrected chi connectivity index (χ3v) is 4.55. The summed E-state index contributed by atoms with van der Waals surface area (Å²) in [7, 11) is 2.66. The summed E-state index contributed by atoms with van der Waals surface area (Å²) >= 11 is 0. The van der Waals surface area contributed by atoms with Gasteiger partial charge >= 0.3 is 17.6 Å². The summed E-state index contributed by atoms with van der Waals surface area (Å²) < 4.78 is 25.8. The number of ether oxygens (including phenoxy) is 4. The Hall–Kier alpha value is -3.81. The van der Waals surface area contributed by atoms with E-state index in [9.17, 15) is 14.4 Å². The molecule has 0 amide bonds. The highest BCUT2D eigenvalue weighted by Gasteiger charge is 2.16. The number of carbonyl (C=O) groups is 2. The van der Waals surface area contributed by atoms with Gasteiger partial charge in [0.05, 0.1) is 19.8 Å². The predicted octanol–water partition coefficient (Wildman–Crippen LogP) is 3.70. The minimum atomic E-state index is -0.639. The molecule has 0 bridgehead atoms. The number of rotatable bonds is 7. The lowest BCUT2D eigenvalue weighted by Gasteiger charge is -2.12. The van der Waals surface area contributed by atoms with Gasteiger partial charge in [0.1, 0.15) is 11.3 Å². The van der Waals surface area contributed by atoms with Crippen molar-refractivity contribution in [2.24, 2.45) is 0 Å². The normalized spacial score (nSPS) is 10.7. The zero-order chi connectivity index (χ0) is 22.5. The second kappa shape index (κ2) is 9.34. The number of benzene rings is 2. The van der Waals surface area contributed by atoms with Gasteiger partial charge < -0.3 is 23.4 Å². The van der Waals surface area contributed by atoms with Crippen molar-refractivity contribution in [3.8, 4) is 17.2 Å². The molecular formula is C23H22O8. The summed E-state index contributed by atoms with van der Waals surface area (Å²) in [6, 6.07) is 10.8. The molecule has 0 saturated carbocycles. The molecule has 3 aromatic rings. The fourth-order valence-electron chi connectivity index (χ4n) is 2.98. The molecule has 1 aromatic heterocycles. The van der Waals surface area contributed by atoms with E-state index >= 15 is 0 Å². The smallest absolute Gasteiger partial charge is 0.343 e. The van der Waals surface area contributed by atoms with Crippen LogP contribution >= 0.6 is 0 Å². The van der Waals surface area contributed by atoms with E-state index in [2.05, 4.69) is 4.74 Å². The molecule has 0 aliphatic carbocycles. The van der Waals surface area contributed by atoms with Crippen LogP contribution in [-0.2, 0) is 9.53 Å². The van der Waals surface area contributed by atoms with Crippen molar-refractivity contribution in [1.29, 1.82) is 0 Å². The van der Waals surface area contributed by atoms with E-state index in [4.69, 9.17) is 18.6 Å². The van der Waals surface area contributed by atoms with Gasteiger partial charge in [0, 0.05) is 17.5 Å². The van der Waals surface area contributed by atoms with Gasteiger partial charge in [-0.3, -0.25) is 0 Å². The van der Waals surface area contributed by atoms with Gasteiger partial charge in [0.15, 0.2) is 18.1 Å². The number of esters is 2. The first-order chi connectivity index (χ1) is 14.8. The molecule has 0 saturated heterocycles. The molecule has 8 heteroatoms. The van der Waals surface area contributed by atoms with Crippen LogP contribution in [-0.4, -0.2) is 32.8 Å². The van der Waals surface area contributed by atoms with Crippen LogP contribution in [0.15, 0.2) is 51.7 Å². The predicted molar refractivity (Wildman–Crippen MR) is 112 cm³/mol. The summed E-state index contributed by atoms with van der Waals surface area (Å²) in [5.74, 6) is -0.296. The van der Waals surface area contributed by atoms with E-state index in [1.54, 1.807) is 12.1 Å². The quantitative estimate of drug-likeness (QED) is 0.320. The van der Waals surface area contributed by atoms with Crippen LogP contribution in [0.2, 0.25) is 0 Å². The van der Waals surface area contributed by atoms with Crippen molar-refractivity contribution in [2.45, 2.75) is 19.8 Å². The van der Waals surface area contributed by atoms with E-state index in [1.807, 2.05) is 13.8 Å². The topological polar surface area (TPSA) is 101 Å². The Balaban J connectivity index is 1.83. The van der Waals surface area contributed by atoms with Gasteiger partial charge in [-0.2, -0.15) is 0 Å². The molecule has 1 heterocycles. The van der Waals surface area contributed by atoms with Crippen LogP contribution < -0.4 is 19.8 Å². The second-order valence-electron chi connectivity index (χ2n) is 6.95. The fraction of sp³-hybridized carbons (Fsp3) is 0.261. The summed E-state index contributed by atoms with van der Waals surface area (Å²) in [6.07, 6.45) is 0. The number of fused-ring (bicyclic) bond motifs is 1. The van der Waals surface area contributed by atoms with Crippen LogP contribution in [0.5, 0.6) is 17.2 Å². The van der Waals surface area contributed by atoms with Crippen molar-refractivity contribution >= 4 is 22.9 Å². The first-order valence-electron chi connectivity index (χ1n) is 9.50. The second-order valence-corrected chi connectivity index (χ2v) is 6.95. The lowest BCUT2D eigenvalue weighted by atomic mass is 10.00. The van der Waals surface area contributed by atoms with E-state index < -0.39 is 17.6 Å². The third kappa shape index (κ3) is 5.03. The zero-order valence-corrected chi connectivity index (χ0v) is 17.6. The molecule has 0 aliphatic rings. The first-order valence-corrected chi connectivity index (χ1v) is 9.50. The molecule has 0 atom stereocenters. The molecule has 31 heavy (non-hydrogen) atoms. The SMILES string of the molecule is COC(=O)COc1ccc(C(=O)Oc2ccc3c(C(C)C)cc(=O)oc3c2)cc1OC. The molecule has 8 nitrogen and oxygen atoms in total. The number of hydrogen-bond donors (Lipinski definition) is 0. The Kier molecular flexibility index (Phi) is 6.59. The molecule has 0 spiro atoms. The maximum atomic E-state index is 12.6. The van der Waals surface area contributed by atoms with Crippen molar-refractivity contribution in [2.75, 3.05) is 20.8 Å². The molecule has 0 fully saturated rings. The minimum Gasteiger partial charge on any atom is -0.493 e. The van der Waals surface area contributed by atoms with E-state index in [0.717, 1.165) is 10.9 Å². The van der Waals surface area contributed by atoms with Gasteiger partial charge in [0.2, 0.25) is 0 Å². The standard InChI is InChI=1S/C23H22O8/c1-13(2)17-11-21(24)31-19-10-15(6-7-16(17)19)30-23(26)14-5-8-18(20(9-14)27-3)29-12-22(25)28-4/h5-11,13H,12H2,1-4H3. The van der Waals surface area contributed by atoms with Gasteiger partial charge in [0.25, 0.3) is 0 Å². The van der Waals surface area contributed by atoms with Crippen molar-refractivity contribution in [3.63, 3.8) is 0 Å². The van der Waals surface area contributed by atoms with Gasteiger partial charge in [-0.25, -0.2) is 14.4 Å². The highest BCUT2D eigenvalue weighted by Crippen LogP contribution is 2.30. The lowest BCUT2D eigenvalue weighted by Crippen LogP contribution is -2.13. The molecule has 0 radical (unpaired) electrons. The highest BCUT2D eigenvalue weighted by atomic mass is 16.6. The van der Waals surface area contributed by atoms with E-state index in [-0.39, 0.29) is 35.3 Å². The molecule has 0 aliphatic heterocycles. The van der Waals surface area contributed by atoms with Crippen LogP contribution in [0.3, 0.4) is 0 Å². The monoisotopic (exact) mass is 426 g/mol. The Morgan fingerprint density at radius 3 is 2.45 bits per heavy atom. The summed E-state index contributed by atoms with van der Waals surface area (Å²) in [5.41, 5.74) is 0.939. The molecular weight excluding hydrogens is 404 g/mol. The Morgan fingerprint density at radius 1 is 1.00 bits per heavy atom. The molecule has 3 rings (SSSR count). The number of hydrogen-bond acceptors (Lipinski definition) is 8. The Morgan fingerprint density at radius 2 is 1.77 bits per heavy atom. The summed E-state index contributed by atoms with van der Waals surface area (Å²) in [4.78, 5) is 35.7. The lowest BCUT2D eigenvalue weighted by molar-refractivity contribution is -0.142. The zero-order valence-electron chi connectivity index (χ0n) is 17.6. The average Bonchev–Trinajstić information content (AvgIpc) is 2.76. The number of methoxy groups -OCH3 is 2. The van der Waals surface area contributed by atoms with Crippen molar-refractivity contribution in [1.82, 2.24) is 0 Å². The Bertz CT molecular complexity index is 1180. The van der Waals surface area contributed by atoms with Crippen LogP contribution in [0.1, 0.15) is 35.7 Å². The Labute approximate surface area is 178 Å². The van der Waals surface area contributed by atoms with Crippen LogP contribution in [0.4, 0.5) is 0 Å². The van der Waals surface area contributed by atoms with Crippen molar-refractivity contribution < 1.29 is 33.0 Å². The van der Waals surface area contributed by atoms with Gasteiger partial charge in [-0.05, 0) is 41.8 Å². The molecule has 0 unspecified atom stereocenters. The third-order valence-electron chi connectivity index (χ3n) is 4.55. The first kappa shape index (κ1) is 21.9. The highest BCUT2D eigenvalue weighted by molar-refractivity contribution is 5.92. The van der Waals surface area contributed by atoms with Gasteiger partial charge in [-0.1, -0.05) is 13.8 Å². The van der Waals surface area contributed by atoms with Crippen LogP contribution in [0.25, 0.3) is 11.0 Å². The van der Waals surface area contributed by atoms with Crippen LogP contribution in [0, 0.1) is 0 Å². The largest absolute Gasteiger partial charge is 0.493 e. The van der Waals surface area contributed by atoms with Crippen molar-refractivity contribution in [3.05, 3.63) is 64.0 Å². The van der Waals surface area contributed by atoms with E-state index in [1.165, 1.54) is 44.6 Å². The summed E-state index contributed by atoms with van der Waals surface area (Å²) in [6.45, 7) is 3.67. The minimum absolute atomic E-state index is 0.132. The maximum Gasteiger partial charge on any atom is 0.343 e. The van der Waals surface area contributed by atoms with Gasteiger partial charge in [-0.15, -0.1) is 0 Å². The maximum absolute atomic E-state index is 12.6. The average molecular weight is 426 g/mol.